The highest BCUT2D eigenvalue weighted by atomic mass is 16.5. The van der Waals surface area contributed by atoms with Gasteiger partial charge in [-0.2, -0.15) is 0 Å². The standard InChI is InChI=1S/C19H21NO3/c21-17-10-8-16(9-11-17)18-7-4-12-20(18)19(22)14-23-13-15-5-2-1-3-6-15/h1-3,5-6,8-11,18,21H,4,7,12-14H2. The van der Waals surface area contributed by atoms with Crippen LogP contribution in [0, 0.1) is 0 Å². The number of aromatic hydroxyl groups is 1. The zero-order valence-corrected chi connectivity index (χ0v) is 13.0. The first-order valence-corrected chi connectivity index (χ1v) is 7.94. The van der Waals surface area contributed by atoms with E-state index < -0.39 is 0 Å². The average molecular weight is 311 g/mol. The van der Waals surface area contributed by atoms with Crippen LogP contribution in [0.25, 0.3) is 0 Å². The molecule has 2 aromatic carbocycles. The Labute approximate surface area is 136 Å². The van der Waals surface area contributed by atoms with Crippen molar-refractivity contribution in [1.29, 1.82) is 0 Å². The Hall–Kier alpha value is -2.33. The van der Waals surface area contributed by atoms with Crippen LogP contribution in [0.15, 0.2) is 54.6 Å². The van der Waals surface area contributed by atoms with Crippen LogP contribution in [0.2, 0.25) is 0 Å². The molecule has 120 valence electrons. The third-order valence-electron chi connectivity index (χ3n) is 4.19. The molecule has 0 spiro atoms. The molecule has 1 heterocycles. The van der Waals surface area contributed by atoms with Gasteiger partial charge < -0.3 is 14.7 Å². The lowest BCUT2D eigenvalue weighted by Crippen LogP contribution is -2.33. The summed E-state index contributed by atoms with van der Waals surface area (Å²) in [5.74, 6) is 0.271. The van der Waals surface area contributed by atoms with Crippen LogP contribution in [0.4, 0.5) is 0 Å². The fourth-order valence-electron chi connectivity index (χ4n) is 3.02. The van der Waals surface area contributed by atoms with Crippen LogP contribution in [0.5, 0.6) is 5.75 Å². The number of nitrogens with zero attached hydrogens (tertiary/aromatic N) is 1. The minimum Gasteiger partial charge on any atom is -0.508 e. The molecule has 2 aromatic rings. The van der Waals surface area contributed by atoms with Gasteiger partial charge in [0.05, 0.1) is 12.6 Å². The molecule has 0 radical (unpaired) electrons. The summed E-state index contributed by atoms with van der Waals surface area (Å²) in [6, 6.07) is 17.0. The number of phenolic OH excluding ortho intramolecular Hbond substituents is 1. The van der Waals surface area contributed by atoms with Gasteiger partial charge in [0.2, 0.25) is 5.91 Å². The molecule has 0 aromatic heterocycles. The van der Waals surface area contributed by atoms with E-state index in [1.807, 2.05) is 47.4 Å². The number of ether oxygens (including phenoxy) is 1. The zero-order valence-electron chi connectivity index (χ0n) is 13.0. The van der Waals surface area contributed by atoms with Crippen molar-refractivity contribution in [3.05, 3.63) is 65.7 Å². The summed E-state index contributed by atoms with van der Waals surface area (Å²) < 4.78 is 5.57. The van der Waals surface area contributed by atoms with Crippen LogP contribution in [0.1, 0.15) is 30.0 Å². The van der Waals surface area contributed by atoms with Crippen LogP contribution >= 0.6 is 0 Å². The summed E-state index contributed by atoms with van der Waals surface area (Å²) in [6.07, 6.45) is 1.95. The first-order valence-electron chi connectivity index (χ1n) is 7.94. The number of rotatable bonds is 5. The molecule has 0 bridgehead atoms. The van der Waals surface area contributed by atoms with Crippen molar-refractivity contribution < 1.29 is 14.6 Å². The molecule has 1 fully saturated rings. The van der Waals surface area contributed by atoms with E-state index >= 15 is 0 Å². The van der Waals surface area contributed by atoms with E-state index in [1.165, 1.54) is 0 Å². The molecule has 1 N–H and O–H groups in total. The molecular formula is C19H21NO3. The number of carbonyl (C=O) groups is 1. The van der Waals surface area contributed by atoms with Crippen LogP contribution < -0.4 is 0 Å². The van der Waals surface area contributed by atoms with E-state index in [0.29, 0.717) is 6.61 Å². The summed E-state index contributed by atoms with van der Waals surface area (Å²) in [6.45, 7) is 1.31. The summed E-state index contributed by atoms with van der Waals surface area (Å²) in [5.41, 5.74) is 2.13. The highest BCUT2D eigenvalue weighted by Crippen LogP contribution is 2.32. The van der Waals surface area contributed by atoms with E-state index in [1.54, 1.807) is 12.1 Å². The lowest BCUT2D eigenvalue weighted by atomic mass is 10.0. The van der Waals surface area contributed by atoms with Gasteiger partial charge in [-0.25, -0.2) is 0 Å². The fourth-order valence-corrected chi connectivity index (χ4v) is 3.02. The minimum absolute atomic E-state index is 0.0245. The molecule has 23 heavy (non-hydrogen) atoms. The highest BCUT2D eigenvalue weighted by molar-refractivity contribution is 5.78. The zero-order chi connectivity index (χ0) is 16.1. The lowest BCUT2D eigenvalue weighted by Gasteiger charge is -2.25. The van der Waals surface area contributed by atoms with Crippen LogP contribution in [0.3, 0.4) is 0 Å². The van der Waals surface area contributed by atoms with Gasteiger partial charge >= 0.3 is 0 Å². The number of likely N-dealkylation sites (tertiary alicyclic amines) is 1. The van der Waals surface area contributed by atoms with E-state index in [4.69, 9.17) is 4.74 Å². The summed E-state index contributed by atoms with van der Waals surface area (Å²) >= 11 is 0. The molecule has 1 atom stereocenters. The average Bonchev–Trinajstić information content (AvgIpc) is 3.06. The number of carbonyl (C=O) groups excluding carboxylic acids is 1. The van der Waals surface area contributed by atoms with Crippen LogP contribution in [-0.4, -0.2) is 29.1 Å². The van der Waals surface area contributed by atoms with Gasteiger partial charge in [-0.1, -0.05) is 42.5 Å². The SMILES string of the molecule is O=C(COCc1ccccc1)N1CCCC1c1ccc(O)cc1. The molecule has 4 heteroatoms. The van der Waals surface area contributed by atoms with Gasteiger partial charge in [-0.15, -0.1) is 0 Å². The Morgan fingerprint density at radius 3 is 2.61 bits per heavy atom. The van der Waals surface area contributed by atoms with Crippen molar-refractivity contribution in [2.75, 3.05) is 13.2 Å². The Balaban J connectivity index is 1.56. The number of hydrogen-bond donors (Lipinski definition) is 1. The normalized spacial score (nSPS) is 17.4. The van der Waals surface area contributed by atoms with Crippen molar-refractivity contribution in [2.24, 2.45) is 0 Å². The van der Waals surface area contributed by atoms with E-state index in [-0.39, 0.29) is 24.3 Å². The Bertz CT molecular complexity index is 639. The topological polar surface area (TPSA) is 49.8 Å². The first-order chi connectivity index (χ1) is 11.2. The van der Waals surface area contributed by atoms with E-state index in [0.717, 1.165) is 30.5 Å². The largest absolute Gasteiger partial charge is 0.508 e. The molecule has 4 nitrogen and oxygen atoms in total. The van der Waals surface area contributed by atoms with Crippen molar-refractivity contribution >= 4 is 5.91 Å². The number of hydrogen-bond acceptors (Lipinski definition) is 3. The maximum absolute atomic E-state index is 12.4. The second-order valence-electron chi connectivity index (χ2n) is 5.82. The van der Waals surface area contributed by atoms with E-state index in [9.17, 15) is 9.90 Å². The van der Waals surface area contributed by atoms with Gasteiger partial charge in [0, 0.05) is 6.54 Å². The number of benzene rings is 2. The molecule has 0 aliphatic carbocycles. The molecule has 1 amide bonds. The van der Waals surface area contributed by atoms with Crippen LogP contribution in [-0.2, 0) is 16.1 Å². The molecule has 3 rings (SSSR count). The predicted octanol–water partition coefficient (Wildman–Crippen LogP) is 3.27. The second-order valence-corrected chi connectivity index (χ2v) is 5.82. The number of phenols is 1. The molecule has 1 aliphatic rings. The first kappa shape index (κ1) is 15.6. The van der Waals surface area contributed by atoms with Gasteiger partial charge in [0.1, 0.15) is 12.4 Å². The van der Waals surface area contributed by atoms with Crippen molar-refractivity contribution in [3.63, 3.8) is 0 Å². The molecule has 0 saturated carbocycles. The minimum atomic E-state index is 0.0245. The monoisotopic (exact) mass is 311 g/mol. The Morgan fingerprint density at radius 2 is 1.87 bits per heavy atom. The lowest BCUT2D eigenvalue weighted by molar-refractivity contribution is -0.137. The van der Waals surface area contributed by atoms with Gasteiger partial charge in [-0.05, 0) is 36.1 Å². The maximum Gasteiger partial charge on any atom is 0.249 e. The third kappa shape index (κ3) is 3.90. The fraction of sp³-hybridized carbons (Fsp3) is 0.316. The number of amides is 1. The quantitative estimate of drug-likeness (QED) is 0.922. The van der Waals surface area contributed by atoms with Gasteiger partial charge in [0.15, 0.2) is 0 Å². The summed E-state index contributed by atoms with van der Waals surface area (Å²) in [7, 11) is 0. The summed E-state index contributed by atoms with van der Waals surface area (Å²) in [5, 5.41) is 9.40. The third-order valence-corrected chi connectivity index (χ3v) is 4.19. The van der Waals surface area contributed by atoms with E-state index in [2.05, 4.69) is 0 Å². The predicted molar refractivity (Wildman–Crippen MR) is 87.9 cm³/mol. The molecule has 1 aliphatic heterocycles. The second kappa shape index (κ2) is 7.29. The van der Waals surface area contributed by atoms with Gasteiger partial charge in [-0.3, -0.25) is 4.79 Å². The summed E-state index contributed by atoms with van der Waals surface area (Å²) in [4.78, 5) is 14.3. The highest BCUT2D eigenvalue weighted by Gasteiger charge is 2.29. The smallest absolute Gasteiger partial charge is 0.249 e. The Morgan fingerprint density at radius 1 is 1.13 bits per heavy atom. The molecular weight excluding hydrogens is 290 g/mol. The van der Waals surface area contributed by atoms with Crippen molar-refractivity contribution in [3.8, 4) is 5.75 Å². The maximum atomic E-state index is 12.4. The molecule has 1 unspecified atom stereocenters. The van der Waals surface area contributed by atoms with Gasteiger partial charge in [0.25, 0.3) is 0 Å². The van der Waals surface area contributed by atoms with Crippen molar-refractivity contribution in [2.45, 2.75) is 25.5 Å². The molecule has 1 saturated heterocycles. The Kier molecular flexibility index (Phi) is 4.93. The van der Waals surface area contributed by atoms with Crippen molar-refractivity contribution in [1.82, 2.24) is 4.90 Å².